The Morgan fingerprint density at radius 3 is 2.44 bits per heavy atom. The Morgan fingerprint density at radius 1 is 1.03 bits per heavy atom. The summed E-state index contributed by atoms with van der Waals surface area (Å²) in [4.78, 5) is 2.01. The highest BCUT2D eigenvalue weighted by Crippen LogP contribution is 2.18. The van der Waals surface area contributed by atoms with Gasteiger partial charge in [0, 0.05) is 34.2 Å². The van der Waals surface area contributed by atoms with Crippen molar-refractivity contribution in [2.45, 2.75) is 19.4 Å². The van der Waals surface area contributed by atoms with E-state index in [0.29, 0.717) is 25.0 Å². The minimum absolute atomic E-state index is 0.380. The lowest BCUT2D eigenvalue weighted by Crippen LogP contribution is -2.20. The van der Waals surface area contributed by atoms with Crippen molar-refractivity contribution in [2.24, 2.45) is 14.1 Å². The Bertz CT molecular complexity index is 1130. The van der Waals surface area contributed by atoms with Gasteiger partial charge < -0.3 is 25.7 Å². The smallest absolute Gasteiger partial charge is 0.228 e. The van der Waals surface area contributed by atoms with Gasteiger partial charge in [-0.1, -0.05) is 0 Å². The van der Waals surface area contributed by atoms with Crippen molar-refractivity contribution in [1.29, 1.82) is 0 Å². The van der Waals surface area contributed by atoms with E-state index in [2.05, 4.69) is 53.9 Å². The van der Waals surface area contributed by atoms with E-state index in [-0.39, 0.29) is 0 Å². The number of rotatable bonds is 11. The second kappa shape index (κ2) is 9.73. The predicted octanol–water partition coefficient (Wildman–Crippen LogP) is 2.13. The third-order valence-electron chi connectivity index (χ3n) is 5.18. The van der Waals surface area contributed by atoms with E-state index < -0.39 is 0 Å². The van der Waals surface area contributed by atoms with Crippen LogP contribution in [0.2, 0.25) is 0 Å². The van der Waals surface area contributed by atoms with Crippen molar-refractivity contribution in [3.8, 4) is 0 Å². The monoisotopic (exact) mass is 456 g/mol. The van der Waals surface area contributed by atoms with Crippen LogP contribution in [-0.2, 0) is 33.5 Å². The maximum atomic E-state index is 5.75. The van der Waals surface area contributed by atoms with E-state index in [1.165, 1.54) is 5.56 Å². The molecule has 0 atom stereocenters. The van der Waals surface area contributed by atoms with E-state index in [4.69, 9.17) is 10.2 Å². The highest BCUT2D eigenvalue weighted by Gasteiger charge is 2.14. The number of nitrogen functional groups attached to an aromatic ring is 1. The van der Waals surface area contributed by atoms with Crippen LogP contribution in [0.3, 0.4) is 0 Å². The van der Waals surface area contributed by atoms with Crippen LogP contribution in [0.1, 0.15) is 16.9 Å². The van der Waals surface area contributed by atoms with Crippen LogP contribution in [0.15, 0.2) is 33.6 Å². The van der Waals surface area contributed by atoms with Gasteiger partial charge in [0.1, 0.15) is 5.76 Å². The summed E-state index contributed by atoms with van der Waals surface area (Å²) in [5, 5.41) is 27.3. The molecule has 0 aliphatic carbocycles. The normalized spacial score (nSPS) is 11.1. The van der Waals surface area contributed by atoms with Gasteiger partial charge in [-0.25, -0.2) is 0 Å². The summed E-state index contributed by atoms with van der Waals surface area (Å²) in [7, 11) is 5.75. The molecule has 0 spiro atoms. The standard InChI is InChI=1S/C20H28N10OS/c1-28(20-27-26-19(30(20)3)23-7-4-14-6-9-32-13-14)11-16-10-15(12-31-16)5-8-22-18-25-24-17(21)29(18)2/h6,9-10,12-13H,4-5,7-8,11H2,1-3H3,(H2,21,24)(H,22,25)(H,23,26). The van der Waals surface area contributed by atoms with Crippen LogP contribution >= 0.6 is 11.3 Å². The molecule has 4 aromatic rings. The molecule has 4 rings (SSSR count). The van der Waals surface area contributed by atoms with Crippen LogP contribution in [0, 0.1) is 0 Å². The summed E-state index contributed by atoms with van der Waals surface area (Å²) in [5.74, 6) is 3.40. The molecule has 0 unspecified atom stereocenters. The van der Waals surface area contributed by atoms with E-state index in [1.54, 1.807) is 22.2 Å². The number of aromatic nitrogens is 6. The quantitative estimate of drug-likeness (QED) is 0.311. The van der Waals surface area contributed by atoms with Crippen molar-refractivity contribution in [1.82, 2.24) is 29.5 Å². The molecule has 0 aliphatic heterocycles. The Morgan fingerprint density at radius 2 is 1.75 bits per heavy atom. The molecule has 0 aromatic carbocycles. The lowest BCUT2D eigenvalue weighted by molar-refractivity contribution is 0.503. The molecular formula is C20H28N10OS. The van der Waals surface area contributed by atoms with Gasteiger partial charge in [-0.15, -0.1) is 20.4 Å². The highest BCUT2D eigenvalue weighted by molar-refractivity contribution is 7.07. The zero-order chi connectivity index (χ0) is 22.5. The third kappa shape index (κ3) is 5.02. The number of furan rings is 1. The van der Waals surface area contributed by atoms with E-state index >= 15 is 0 Å². The molecule has 4 N–H and O–H groups in total. The Kier molecular flexibility index (Phi) is 6.59. The molecule has 32 heavy (non-hydrogen) atoms. The largest absolute Gasteiger partial charge is 0.467 e. The van der Waals surface area contributed by atoms with Crippen LogP contribution in [0.5, 0.6) is 0 Å². The fourth-order valence-electron chi connectivity index (χ4n) is 3.32. The number of nitrogens with zero attached hydrogens (tertiary/aromatic N) is 7. The fraction of sp³-hybridized carbons (Fsp3) is 0.400. The molecule has 0 radical (unpaired) electrons. The number of nitrogens with one attached hydrogen (secondary N) is 2. The van der Waals surface area contributed by atoms with E-state index in [1.807, 2.05) is 30.6 Å². The average Bonchev–Trinajstić information content (AvgIpc) is 3.56. The third-order valence-corrected chi connectivity index (χ3v) is 5.91. The second-order valence-corrected chi connectivity index (χ2v) is 8.37. The SMILES string of the molecule is CN(Cc1cc(CCNc2nnc(N)n2C)co1)c1nnc(NCCc2ccsc2)n1C. The van der Waals surface area contributed by atoms with Gasteiger partial charge in [-0.3, -0.25) is 9.13 Å². The first-order valence-corrected chi connectivity index (χ1v) is 11.3. The first-order valence-electron chi connectivity index (χ1n) is 10.3. The second-order valence-electron chi connectivity index (χ2n) is 7.59. The molecule has 0 bridgehead atoms. The van der Waals surface area contributed by atoms with Gasteiger partial charge in [-0.2, -0.15) is 11.3 Å². The Balaban J connectivity index is 1.26. The molecular weight excluding hydrogens is 428 g/mol. The van der Waals surface area contributed by atoms with Crippen molar-refractivity contribution in [2.75, 3.05) is 41.4 Å². The first-order chi connectivity index (χ1) is 15.5. The van der Waals surface area contributed by atoms with Gasteiger partial charge >= 0.3 is 0 Å². The summed E-state index contributed by atoms with van der Waals surface area (Å²) in [6.07, 6.45) is 3.53. The van der Waals surface area contributed by atoms with Gasteiger partial charge in [0.15, 0.2) is 0 Å². The van der Waals surface area contributed by atoms with Crippen LogP contribution in [0.4, 0.5) is 23.8 Å². The number of hydrogen-bond acceptors (Lipinski definition) is 10. The summed E-state index contributed by atoms with van der Waals surface area (Å²) in [6.45, 7) is 2.10. The van der Waals surface area contributed by atoms with Crippen molar-refractivity contribution < 1.29 is 4.42 Å². The molecule has 0 fully saturated rings. The molecule has 170 valence electrons. The minimum Gasteiger partial charge on any atom is -0.467 e. The van der Waals surface area contributed by atoms with Crippen LogP contribution in [0.25, 0.3) is 0 Å². The van der Waals surface area contributed by atoms with Gasteiger partial charge in [0.25, 0.3) is 0 Å². The molecule has 4 aromatic heterocycles. The van der Waals surface area contributed by atoms with Crippen molar-refractivity contribution >= 4 is 35.1 Å². The maximum Gasteiger partial charge on any atom is 0.228 e. The molecule has 12 heteroatoms. The molecule has 0 saturated heterocycles. The zero-order valence-electron chi connectivity index (χ0n) is 18.4. The highest BCUT2D eigenvalue weighted by atomic mass is 32.1. The van der Waals surface area contributed by atoms with Gasteiger partial charge in [0.05, 0.1) is 12.8 Å². The topological polar surface area (TPSA) is 128 Å². The number of hydrogen-bond donors (Lipinski definition) is 3. The maximum absolute atomic E-state index is 5.75. The lowest BCUT2D eigenvalue weighted by atomic mass is 10.2. The number of nitrogens with two attached hydrogens (primary N) is 1. The predicted molar refractivity (Wildman–Crippen MR) is 126 cm³/mol. The Labute approximate surface area is 190 Å². The fourth-order valence-corrected chi connectivity index (χ4v) is 4.02. The van der Waals surface area contributed by atoms with E-state index in [9.17, 15) is 0 Å². The average molecular weight is 457 g/mol. The Hall–Kier alpha value is -3.54. The summed E-state index contributed by atoms with van der Waals surface area (Å²) >= 11 is 1.71. The minimum atomic E-state index is 0.380. The number of thiophene rings is 1. The lowest BCUT2D eigenvalue weighted by Gasteiger charge is -2.16. The van der Waals surface area contributed by atoms with Crippen molar-refractivity contribution in [3.05, 3.63) is 46.0 Å². The number of anilines is 4. The first kappa shape index (κ1) is 21.7. The summed E-state index contributed by atoms with van der Waals surface area (Å²) < 4.78 is 9.41. The van der Waals surface area contributed by atoms with Crippen molar-refractivity contribution in [3.63, 3.8) is 0 Å². The molecule has 0 aliphatic rings. The van der Waals surface area contributed by atoms with Crippen LogP contribution < -0.4 is 21.3 Å². The summed E-state index contributed by atoms with van der Waals surface area (Å²) in [6, 6.07) is 4.20. The molecule has 11 nitrogen and oxygen atoms in total. The van der Waals surface area contributed by atoms with Crippen LogP contribution in [-0.4, -0.2) is 49.7 Å². The zero-order valence-corrected chi connectivity index (χ0v) is 19.3. The van der Waals surface area contributed by atoms with Gasteiger partial charge in [0.2, 0.25) is 23.8 Å². The summed E-state index contributed by atoms with van der Waals surface area (Å²) in [5.41, 5.74) is 8.12. The molecule has 4 heterocycles. The molecule has 0 saturated carbocycles. The van der Waals surface area contributed by atoms with Gasteiger partial charge in [-0.05, 0) is 46.9 Å². The van der Waals surface area contributed by atoms with E-state index in [0.717, 1.165) is 42.6 Å². The molecule has 0 amide bonds.